The molecule has 31 heavy (non-hydrogen) atoms. The third kappa shape index (κ3) is 5.29. The van der Waals surface area contributed by atoms with E-state index in [1.165, 1.54) is 0 Å². The van der Waals surface area contributed by atoms with Crippen molar-refractivity contribution in [2.75, 3.05) is 13.2 Å². The second kappa shape index (κ2) is 9.58. The number of ether oxygens (including phenoxy) is 1. The molecule has 2 aromatic heterocycles. The van der Waals surface area contributed by atoms with Crippen LogP contribution in [0, 0.1) is 13.8 Å². The summed E-state index contributed by atoms with van der Waals surface area (Å²) in [6, 6.07) is 10.0. The van der Waals surface area contributed by atoms with Gasteiger partial charge in [0.25, 0.3) is 5.56 Å². The maximum Gasteiger partial charge on any atom is 0.253 e. The van der Waals surface area contributed by atoms with Crippen LogP contribution in [0.5, 0.6) is 0 Å². The van der Waals surface area contributed by atoms with Crippen LogP contribution < -0.4 is 10.9 Å². The van der Waals surface area contributed by atoms with Gasteiger partial charge in [-0.25, -0.2) is 0 Å². The Balaban J connectivity index is 1.59. The molecule has 0 bridgehead atoms. The highest BCUT2D eigenvalue weighted by molar-refractivity contribution is 7.80. The van der Waals surface area contributed by atoms with Crippen LogP contribution >= 0.6 is 12.2 Å². The number of thiocarbonyl (C=S) groups is 1. The lowest BCUT2D eigenvalue weighted by Crippen LogP contribution is -2.42. The largest absolute Gasteiger partial charge is 0.376 e. The third-order valence-corrected chi connectivity index (χ3v) is 6.04. The first-order valence-electron chi connectivity index (χ1n) is 10.7. The highest BCUT2D eigenvalue weighted by Gasteiger charge is 2.19. The summed E-state index contributed by atoms with van der Waals surface area (Å²) < 4.78 is 5.70. The van der Waals surface area contributed by atoms with Crippen molar-refractivity contribution in [3.8, 4) is 0 Å². The first kappa shape index (κ1) is 21.5. The van der Waals surface area contributed by atoms with Crippen LogP contribution in [-0.2, 0) is 17.8 Å². The summed E-state index contributed by atoms with van der Waals surface area (Å²) in [6.45, 7) is 6.56. The van der Waals surface area contributed by atoms with E-state index in [0.29, 0.717) is 30.3 Å². The number of hydrogen-bond donors (Lipinski definition) is 2. The Morgan fingerprint density at radius 2 is 2.19 bits per heavy atom. The van der Waals surface area contributed by atoms with Gasteiger partial charge < -0.3 is 19.9 Å². The Morgan fingerprint density at radius 3 is 2.94 bits per heavy atom. The molecular weight excluding hydrogens is 408 g/mol. The Bertz CT molecular complexity index is 1120. The summed E-state index contributed by atoms with van der Waals surface area (Å²) >= 11 is 5.72. The Hall–Kier alpha value is -2.77. The number of aromatic amines is 1. The average molecular weight is 437 g/mol. The maximum atomic E-state index is 12.9. The van der Waals surface area contributed by atoms with E-state index in [1.54, 1.807) is 6.20 Å². The second-order valence-corrected chi connectivity index (χ2v) is 8.59. The molecule has 6 nitrogen and oxygen atoms in total. The molecule has 1 aliphatic rings. The molecule has 0 aliphatic carbocycles. The molecule has 3 heterocycles. The van der Waals surface area contributed by atoms with Crippen molar-refractivity contribution in [1.29, 1.82) is 0 Å². The second-order valence-electron chi connectivity index (χ2n) is 8.21. The molecule has 7 heteroatoms. The molecule has 1 atom stereocenters. The van der Waals surface area contributed by atoms with Gasteiger partial charge in [-0.3, -0.25) is 9.78 Å². The quantitative estimate of drug-likeness (QED) is 0.576. The maximum absolute atomic E-state index is 12.9. The molecule has 0 amide bonds. The number of aromatic nitrogens is 2. The van der Waals surface area contributed by atoms with Gasteiger partial charge in [0.15, 0.2) is 5.11 Å². The minimum Gasteiger partial charge on any atom is -0.376 e. The lowest BCUT2D eigenvalue weighted by molar-refractivity contribution is 0.113. The van der Waals surface area contributed by atoms with Gasteiger partial charge in [0.05, 0.1) is 12.6 Å². The first-order chi connectivity index (χ1) is 15.0. The van der Waals surface area contributed by atoms with Gasteiger partial charge in [-0.1, -0.05) is 12.1 Å². The van der Waals surface area contributed by atoms with E-state index in [9.17, 15) is 4.79 Å². The van der Waals surface area contributed by atoms with Gasteiger partial charge in [-0.2, -0.15) is 0 Å². The van der Waals surface area contributed by atoms with E-state index in [0.717, 1.165) is 47.0 Å². The van der Waals surface area contributed by atoms with E-state index < -0.39 is 0 Å². The van der Waals surface area contributed by atoms with Crippen LogP contribution in [0.2, 0.25) is 0 Å². The summed E-state index contributed by atoms with van der Waals surface area (Å²) in [5.74, 6) is 0. The van der Waals surface area contributed by atoms with Gasteiger partial charge in [0.1, 0.15) is 0 Å². The van der Waals surface area contributed by atoms with E-state index in [-0.39, 0.29) is 11.7 Å². The SMILES string of the molecule is Cc1cc(C)c2cc(CN(Cc3cccnc3)C(=S)NCC3CCCO3)c(=O)[nH]c2c1. The molecule has 1 fully saturated rings. The number of nitrogens with one attached hydrogen (secondary N) is 2. The summed E-state index contributed by atoms with van der Waals surface area (Å²) in [6.07, 6.45) is 5.90. The minimum absolute atomic E-state index is 0.0874. The summed E-state index contributed by atoms with van der Waals surface area (Å²) in [4.78, 5) is 22.1. The van der Waals surface area contributed by atoms with Gasteiger partial charge in [0.2, 0.25) is 0 Å². The molecule has 0 radical (unpaired) electrons. The topological polar surface area (TPSA) is 70.2 Å². The predicted octanol–water partition coefficient (Wildman–Crippen LogP) is 3.60. The van der Waals surface area contributed by atoms with Crippen LogP contribution in [0.1, 0.15) is 35.1 Å². The third-order valence-electron chi connectivity index (χ3n) is 5.64. The number of pyridine rings is 2. The Kier molecular flexibility index (Phi) is 6.63. The highest BCUT2D eigenvalue weighted by Crippen LogP contribution is 2.19. The van der Waals surface area contributed by atoms with Crippen LogP contribution in [-0.4, -0.2) is 39.2 Å². The normalized spacial score (nSPS) is 15.9. The first-order valence-corrected chi connectivity index (χ1v) is 11.1. The standard InChI is InChI=1S/C24H28N4O2S/c1-16-9-17(2)21-11-19(23(29)27-22(21)10-16)15-28(14-18-5-3-7-25-12-18)24(31)26-13-20-6-4-8-30-20/h3,5,7,9-12,20H,4,6,8,13-15H2,1-2H3,(H,26,31)(H,27,29). The lowest BCUT2D eigenvalue weighted by atomic mass is 10.0. The van der Waals surface area contributed by atoms with Crippen molar-refractivity contribution >= 4 is 28.2 Å². The van der Waals surface area contributed by atoms with E-state index in [2.05, 4.69) is 28.3 Å². The van der Waals surface area contributed by atoms with Gasteiger partial charge in [-0.05, 0) is 73.8 Å². The molecule has 2 N–H and O–H groups in total. The molecular formula is C24H28N4O2S. The average Bonchev–Trinajstić information content (AvgIpc) is 3.27. The summed E-state index contributed by atoms with van der Waals surface area (Å²) in [5, 5.41) is 5.01. The van der Waals surface area contributed by atoms with Crippen molar-refractivity contribution in [2.24, 2.45) is 0 Å². The van der Waals surface area contributed by atoms with Gasteiger partial charge in [0, 0.05) is 48.6 Å². The minimum atomic E-state index is -0.0874. The number of benzene rings is 1. The Morgan fingerprint density at radius 1 is 1.32 bits per heavy atom. The molecule has 1 saturated heterocycles. The van der Waals surface area contributed by atoms with Crippen LogP contribution in [0.25, 0.3) is 10.9 Å². The number of nitrogens with zero attached hydrogens (tertiary/aromatic N) is 2. The van der Waals surface area contributed by atoms with Crippen molar-refractivity contribution in [3.63, 3.8) is 0 Å². The fourth-order valence-electron chi connectivity index (χ4n) is 4.07. The molecule has 1 aliphatic heterocycles. The van der Waals surface area contributed by atoms with Crippen LogP contribution in [0.4, 0.5) is 0 Å². The molecule has 4 rings (SSSR count). The molecule has 0 spiro atoms. The summed E-state index contributed by atoms with van der Waals surface area (Å²) in [7, 11) is 0. The van der Waals surface area contributed by atoms with Crippen molar-refractivity contribution in [2.45, 2.75) is 45.9 Å². The van der Waals surface area contributed by atoms with Gasteiger partial charge >= 0.3 is 0 Å². The highest BCUT2D eigenvalue weighted by atomic mass is 32.1. The fourth-order valence-corrected chi connectivity index (χ4v) is 4.28. The molecule has 1 unspecified atom stereocenters. The molecule has 0 saturated carbocycles. The van der Waals surface area contributed by atoms with Crippen LogP contribution in [0.15, 0.2) is 47.5 Å². The van der Waals surface area contributed by atoms with E-state index in [1.807, 2.05) is 42.3 Å². The fraction of sp³-hybridized carbons (Fsp3) is 0.375. The zero-order valence-corrected chi connectivity index (χ0v) is 18.8. The van der Waals surface area contributed by atoms with Gasteiger partial charge in [-0.15, -0.1) is 0 Å². The molecule has 1 aromatic carbocycles. The monoisotopic (exact) mass is 436 g/mol. The zero-order valence-electron chi connectivity index (χ0n) is 18.0. The van der Waals surface area contributed by atoms with E-state index in [4.69, 9.17) is 17.0 Å². The number of aryl methyl sites for hydroxylation is 2. The number of fused-ring (bicyclic) bond motifs is 1. The lowest BCUT2D eigenvalue weighted by Gasteiger charge is -2.27. The molecule has 162 valence electrons. The number of H-pyrrole nitrogens is 1. The van der Waals surface area contributed by atoms with Crippen molar-refractivity contribution in [1.82, 2.24) is 20.2 Å². The van der Waals surface area contributed by atoms with E-state index >= 15 is 0 Å². The number of hydrogen-bond acceptors (Lipinski definition) is 4. The summed E-state index contributed by atoms with van der Waals surface area (Å²) in [5.41, 5.74) is 4.77. The smallest absolute Gasteiger partial charge is 0.253 e. The van der Waals surface area contributed by atoms with Crippen molar-refractivity contribution < 1.29 is 4.74 Å². The molecule has 3 aromatic rings. The Labute approximate surface area is 187 Å². The van der Waals surface area contributed by atoms with Crippen LogP contribution in [0.3, 0.4) is 0 Å². The zero-order chi connectivity index (χ0) is 21.8. The number of rotatable bonds is 6. The predicted molar refractivity (Wildman–Crippen MR) is 127 cm³/mol. The van der Waals surface area contributed by atoms with Crippen molar-refractivity contribution in [3.05, 3.63) is 75.3 Å².